The van der Waals surface area contributed by atoms with Crippen molar-refractivity contribution < 1.29 is 13.2 Å². The lowest BCUT2D eigenvalue weighted by molar-refractivity contribution is -0.117. The highest BCUT2D eigenvalue weighted by Gasteiger charge is 2.45. The first-order valence-corrected chi connectivity index (χ1v) is 7.59. The predicted octanol–water partition coefficient (Wildman–Crippen LogP) is 1.57. The number of fused-ring (bicyclic) bond motifs is 1. The molecule has 0 fully saturated rings. The summed E-state index contributed by atoms with van der Waals surface area (Å²) in [5.41, 5.74) is 0.434. The Balaban J connectivity index is 2.19. The number of pyridine rings is 1. The molecular formula is C14H12N2O3S. The Morgan fingerprint density at radius 1 is 1.10 bits per heavy atom. The molecule has 0 spiro atoms. The summed E-state index contributed by atoms with van der Waals surface area (Å²) in [5, 5.41) is -1.21. The average Bonchev–Trinajstić information content (AvgIpc) is 2.73. The van der Waals surface area contributed by atoms with Crippen LogP contribution in [0.1, 0.15) is 10.8 Å². The van der Waals surface area contributed by atoms with Crippen molar-refractivity contribution in [2.75, 3.05) is 11.9 Å². The van der Waals surface area contributed by atoms with Gasteiger partial charge in [-0.15, -0.1) is 0 Å². The van der Waals surface area contributed by atoms with Crippen molar-refractivity contribution in [3.8, 4) is 0 Å². The van der Waals surface area contributed by atoms with Crippen LogP contribution in [0.25, 0.3) is 0 Å². The number of nitrogens with zero attached hydrogens (tertiary/aromatic N) is 2. The number of likely N-dealkylation sites (N-methyl/N-ethyl adjacent to an activating group) is 1. The van der Waals surface area contributed by atoms with Gasteiger partial charge in [-0.1, -0.05) is 24.3 Å². The SMILES string of the molecule is CN1C(=O)[C@@H](S(=O)(=O)c2ccccc2)c2cccnc21. The topological polar surface area (TPSA) is 67.3 Å². The van der Waals surface area contributed by atoms with E-state index in [1.807, 2.05) is 0 Å². The van der Waals surface area contributed by atoms with Crippen molar-refractivity contribution in [3.05, 3.63) is 54.2 Å². The average molecular weight is 288 g/mol. The van der Waals surface area contributed by atoms with Gasteiger partial charge in [0.1, 0.15) is 5.82 Å². The quantitative estimate of drug-likeness (QED) is 0.841. The second-order valence-corrected chi connectivity index (χ2v) is 6.58. The number of amides is 1. The molecule has 2 heterocycles. The zero-order chi connectivity index (χ0) is 14.3. The smallest absolute Gasteiger partial charge is 0.251 e. The van der Waals surface area contributed by atoms with E-state index in [2.05, 4.69) is 4.98 Å². The summed E-state index contributed by atoms with van der Waals surface area (Å²) in [5.74, 6) is -0.0652. The van der Waals surface area contributed by atoms with Crippen LogP contribution in [0.2, 0.25) is 0 Å². The van der Waals surface area contributed by atoms with Crippen LogP contribution in [0, 0.1) is 0 Å². The molecule has 0 saturated heterocycles. The molecule has 20 heavy (non-hydrogen) atoms. The Bertz CT molecular complexity index is 772. The Morgan fingerprint density at radius 3 is 2.50 bits per heavy atom. The van der Waals surface area contributed by atoms with Gasteiger partial charge in [0.05, 0.1) is 4.90 Å². The minimum Gasteiger partial charge on any atom is -0.298 e. The van der Waals surface area contributed by atoms with Crippen molar-refractivity contribution in [1.82, 2.24) is 4.98 Å². The standard InChI is InChI=1S/C14H12N2O3S/c1-16-13-11(8-5-9-15-13)12(14(16)17)20(18,19)10-6-3-2-4-7-10/h2-9,12H,1H3/t12-/m0/s1. The molecule has 0 unspecified atom stereocenters. The number of anilines is 1. The van der Waals surface area contributed by atoms with E-state index in [9.17, 15) is 13.2 Å². The van der Waals surface area contributed by atoms with Gasteiger partial charge in [0, 0.05) is 18.8 Å². The van der Waals surface area contributed by atoms with Gasteiger partial charge in [-0.25, -0.2) is 13.4 Å². The van der Waals surface area contributed by atoms with Crippen LogP contribution in [0.3, 0.4) is 0 Å². The summed E-state index contributed by atoms with van der Waals surface area (Å²) in [6.07, 6.45) is 1.54. The summed E-state index contributed by atoms with van der Waals surface area (Å²) in [7, 11) is -2.23. The number of sulfone groups is 1. The lowest BCUT2D eigenvalue weighted by Gasteiger charge is -2.11. The molecule has 0 bridgehead atoms. The third kappa shape index (κ3) is 1.72. The normalized spacial score (nSPS) is 18.1. The summed E-state index contributed by atoms with van der Waals surface area (Å²) in [6.45, 7) is 0. The van der Waals surface area contributed by atoms with E-state index in [0.717, 1.165) is 0 Å². The molecule has 0 N–H and O–H groups in total. The van der Waals surface area contributed by atoms with Crippen LogP contribution in [0.15, 0.2) is 53.6 Å². The Kier molecular flexibility index (Phi) is 2.83. The monoisotopic (exact) mass is 288 g/mol. The molecule has 6 heteroatoms. The fourth-order valence-corrected chi connectivity index (χ4v) is 4.10. The van der Waals surface area contributed by atoms with Crippen LogP contribution in [-0.2, 0) is 14.6 Å². The zero-order valence-corrected chi connectivity index (χ0v) is 11.5. The van der Waals surface area contributed by atoms with Crippen LogP contribution in [-0.4, -0.2) is 26.4 Å². The largest absolute Gasteiger partial charge is 0.298 e. The summed E-state index contributed by atoms with van der Waals surface area (Å²) in [4.78, 5) is 17.8. The van der Waals surface area contributed by atoms with Gasteiger partial charge in [-0.05, 0) is 18.2 Å². The van der Waals surface area contributed by atoms with Crippen LogP contribution in [0.4, 0.5) is 5.82 Å². The lowest BCUT2D eigenvalue weighted by Crippen LogP contribution is -2.28. The van der Waals surface area contributed by atoms with Gasteiger partial charge in [0.25, 0.3) is 5.91 Å². The predicted molar refractivity (Wildman–Crippen MR) is 74.0 cm³/mol. The molecule has 1 amide bonds. The van der Waals surface area contributed by atoms with Crippen molar-refractivity contribution in [2.24, 2.45) is 0 Å². The molecule has 0 aliphatic carbocycles. The van der Waals surface area contributed by atoms with Crippen molar-refractivity contribution in [2.45, 2.75) is 10.1 Å². The number of hydrogen-bond acceptors (Lipinski definition) is 4. The van der Waals surface area contributed by atoms with Crippen molar-refractivity contribution in [3.63, 3.8) is 0 Å². The number of benzene rings is 1. The second kappa shape index (κ2) is 4.42. The fourth-order valence-electron chi connectivity index (χ4n) is 2.35. The van der Waals surface area contributed by atoms with Gasteiger partial charge in [-0.3, -0.25) is 9.69 Å². The molecule has 5 nitrogen and oxygen atoms in total. The van der Waals surface area contributed by atoms with E-state index in [1.165, 1.54) is 24.1 Å². The maximum absolute atomic E-state index is 12.7. The zero-order valence-electron chi connectivity index (χ0n) is 10.7. The first-order chi connectivity index (χ1) is 9.53. The van der Waals surface area contributed by atoms with E-state index < -0.39 is 21.0 Å². The molecule has 102 valence electrons. The third-order valence-electron chi connectivity index (χ3n) is 3.35. The molecule has 2 aromatic rings. The van der Waals surface area contributed by atoms with Crippen LogP contribution >= 0.6 is 0 Å². The van der Waals surface area contributed by atoms with E-state index in [-0.39, 0.29) is 4.90 Å². The third-order valence-corrected chi connectivity index (χ3v) is 5.36. The number of aromatic nitrogens is 1. The Labute approximate surface area is 116 Å². The summed E-state index contributed by atoms with van der Waals surface area (Å²) < 4.78 is 25.4. The molecule has 0 radical (unpaired) electrons. The van der Waals surface area contributed by atoms with E-state index in [1.54, 1.807) is 36.5 Å². The highest BCUT2D eigenvalue weighted by atomic mass is 32.2. The first kappa shape index (κ1) is 12.8. The lowest BCUT2D eigenvalue weighted by atomic mass is 10.2. The van der Waals surface area contributed by atoms with Crippen LogP contribution in [0.5, 0.6) is 0 Å². The summed E-state index contributed by atoms with van der Waals surface area (Å²) >= 11 is 0. The minimum absolute atomic E-state index is 0.142. The van der Waals surface area contributed by atoms with Crippen molar-refractivity contribution >= 4 is 21.6 Å². The van der Waals surface area contributed by atoms with Gasteiger partial charge in [-0.2, -0.15) is 0 Å². The van der Waals surface area contributed by atoms with Gasteiger partial charge in [0.15, 0.2) is 15.1 Å². The molecule has 0 saturated carbocycles. The maximum Gasteiger partial charge on any atom is 0.251 e. The highest BCUT2D eigenvalue weighted by molar-refractivity contribution is 7.92. The first-order valence-electron chi connectivity index (χ1n) is 6.05. The molecule has 3 rings (SSSR count). The Morgan fingerprint density at radius 2 is 1.80 bits per heavy atom. The maximum atomic E-state index is 12.7. The van der Waals surface area contributed by atoms with E-state index in [0.29, 0.717) is 11.4 Å². The number of hydrogen-bond donors (Lipinski definition) is 0. The molecule has 1 atom stereocenters. The van der Waals surface area contributed by atoms with E-state index >= 15 is 0 Å². The number of carbonyl (C=O) groups is 1. The molecule has 1 aliphatic heterocycles. The molecular weight excluding hydrogens is 276 g/mol. The highest BCUT2D eigenvalue weighted by Crippen LogP contribution is 2.40. The van der Waals surface area contributed by atoms with Crippen molar-refractivity contribution in [1.29, 1.82) is 0 Å². The molecule has 1 aliphatic rings. The second-order valence-electron chi connectivity index (χ2n) is 4.55. The molecule has 1 aromatic carbocycles. The van der Waals surface area contributed by atoms with Gasteiger partial charge < -0.3 is 0 Å². The number of rotatable bonds is 2. The number of carbonyl (C=O) groups excluding carboxylic acids is 1. The van der Waals surface area contributed by atoms with Gasteiger partial charge in [0.2, 0.25) is 0 Å². The van der Waals surface area contributed by atoms with Crippen LogP contribution < -0.4 is 4.90 Å². The van der Waals surface area contributed by atoms with Gasteiger partial charge >= 0.3 is 0 Å². The molecule has 1 aromatic heterocycles. The fraction of sp³-hybridized carbons (Fsp3) is 0.143. The Hall–Kier alpha value is -2.21. The minimum atomic E-state index is -3.77. The van der Waals surface area contributed by atoms with E-state index in [4.69, 9.17) is 0 Å². The summed E-state index contributed by atoms with van der Waals surface area (Å²) in [6, 6.07) is 11.3.